The third kappa shape index (κ3) is 3.07. The predicted octanol–water partition coefficient (Wildman–Crippen LogP) is 2.43. The molecule has 2 amide bonds. The maximum Gasteiger partial charge on any atom is 0.320 e. The van der Waals surface area contributed by atoms with E-state index in [1.807, 2.05) is 37.3 Å². The average molecular weight is 326 g/mol. The molecule has 5 N–H and O–H groups in total. The molecule has 2 heterocycles. The number of H-pyrrole nitrogens is 1. The molecule has 1 aromatic carbocycles. The second-order valence-electron chi connectivity index (χ2n) is 5.28. The van der Waals surface area contributed by atoms with Crippen LogP contribution < -0.4 is 21.1 Å². The van der Waals surface area contributed by atoms with Crippen molar-refractivity contribution >= 4 is 28.6 Å². The van der Waals surface area contributed by atoms with Crippen molar-refractivity contribution in [3.05, 3.63) is 42.0 Å². The highest BCUT2D eigenvalue weighted by molar-refractivity contribution is 5.97. The Morgan fingerprint density at radius 3 is 2.79 bits per heavy atom. The maximum absolute atomic E-state index is 12.2. The predicted molar refractivity (Wildman–Crippen MR) is 91.9 cm³/mol. The third-order valence-corrected chi connectivity index (χ3v) is 3.62. The average Bonchev–Trinajstić information content (AvgIpc) is 2.99. The zero-order valence-corrected chi connectivity index (χ0v) is 13.3. The largest absolute Gasteiger partial charge is 0.479 e. The number of anilines is 2. The molecule has 0 bridgehead atoms. The summed E-state index contributed by atoms with van der Waals surface area (Å²) in [6.07, 6.45) is 0. The van der Waals surface area contributed by atoms with Gasteiger partial charge < -0.3 is 15.8 Å². The number of fused-ring (bicyclic) bond motifs is 1. The number of carbonyl (C=O) groups is 1. The first-order valence-corrected chi connectivity index (χ1v) is 7.39. The van der Waals surface area contributed by atoms with Crippen molar-refractivity contribution in [2.24, 2.45) is 0 Å². The van der Waals surface area contributed by atoms with Crippen molar-refractivity contribution in [2.75, 3.05) is 18.2 Å². The van der Waals surface area contributed by atoms with Crippen molar-refractivity contribution < 1.29 is 9.53 Å². The van der Waals surface area contributed by atoms with Crippen molar-refractivity contribution in [2.45, 2.75) is 13.0 Å². The molecule has 0 aliphatic rings. The number of rotatable bonds is 4. The number of pyridine rings is 1. The van der Waals surface area contributed by atoms with Crippen LogP contribution in [0.2, 0.25) is 0 Å². The summed E-state index contributed by atoms with van der Waals surface area (Å²) in [6.45, 7) is 1.90. The number of nitrogens with one attached hydrogen (secondary N) is 3. The molecular weight excluding hydrogens is 308 g/mol. The number of nitrogen functional groups attached to an aromatic ring is 1. The fourth-order valence-corrected chi connectivity index (χ4v) is 2.43. The zero-order chi connectivity index (χ0) is 17.1. The minimum atomic E-state index is -0.371. The van der Waals surface area contributed by atoms with Gasteiger partial charge in [0, 0.05) is 6.07 Å². The van der Waals surface area contributed by atoms with Crippen LogP contribution in [0, 0.1) is 0 Å². The summed E-state index contributed by atoms with van der Waals surface area (Å²) < 4.78 is 5.11. The van der Waals surface area contributed by atoms with Gasteiger partial charge in [-0.1, -0.05) is 30.3 Å². The number of aromatic amines is 1. The van der Waals surface area contributed by atoms with E-state index in [1.165, 1.54) is 7.11 Å². The topological polar surface area (TPSA) is 118 Å². The maximum atomic E-state index is 12.2. The second kappa shape index (κ2) is 6.45. The number of nitrogens with two attached hydrogens (primary N) is 1. The Morgan fingerprint density at radius 1 is 1.33 bits per heavy atom. The molecule has 0 radical (unpaired) electrons. The summed E-state index contributed by atoms with van der Waals surface area (Å²) in [7, 11) is 1.50. The van der Waals surface area contributed by atoms with Gasteiger partial charge >= 0.3 is 6.03 Å². The van der Waals surface area contributed by atoms with E-state index in [4.69, 9.17) is 10.5 Å². The number of urea groups is 1. The Balaban J connectivity index is 1.74. The number of hydrogen-bond acceptors (Lipinski definition) is 5. The molecule has 2 aromatic heterocycles. The first-order valence-electron chi connectivity index (χ1n) is 7.39. The summed E-state index contributed by atoms with van der Waals surface area (Å²) in [5.74, 6) is 0.914. The van der Waals surface area contributed by atoms with Crippen molar-refractivity contribution in [3.63, 3.8) is 0 Å². The van der Waals surface area contributed by atoms with E-state index >= 15 is 0 Å². The van der Waals surface area contributed by atoms with E-state index in [9.17, 15) is 4.79 Å². The van der Waals surface area contributed by atoms with E-state index in [2.05, 4.69) is 25.8 Å². The van der Waals surface area contributed by atoms with Gasteiger partial charge in [-0.25, -0.2) is 9.78 Å². The molecule has 8 heteroatoms. The molecule has 0 saturated heterocycles. The Bertz CT molecular complexity index is 862. The molecule has 0 aliphatic heterocycles. The molecule has 3 aromatic rings. The molecular formula is C16H18N6O2. The monoisotopic (exact) mass is 326 g/mol. The lowest BCUT2D eigenvalue weighted by Gasteiger charge is -2.15. The van der Waals surface area contributed by atoms with Crippen molar-refractivity contribution in [1.82, 2.24) is 20.5 Å². The molecule has 124 valence electrons. The van der Waals surface area contributed by atoms with Crippen molar-refractivity contribution in [1.29, 1.82) is 0 Å². The van der Waals surface area contributed by atoms with Gasteiger partial charge in [-0.3, -0.25) is 10.4 Å². The number of methoxy groups -OCH3 is 1. The Morgan fingerprint density at radius 2 is 2.08 bits per heavy atom. The van der Waals surface area contributed by atoms with Crippen LogP contribution in [-0.2, 0) is 0 Å². The number of ether oxygens (including phenoxy) is 1. The number of aromatic nitrogens is 3. The van der Waals surface area contributed by atoms with E-state index in [-0.39, 0.29) is 17.9 Å². The first-order chi connectivity index (χ1) is 11.6. The number of hydrogen-bond donors (Lipinski definition) is 4. The van der Waals surface area contributed by atoms with E-state index < -0.39 is 0 Å². The fraction of sp³-hybridized carbons (Fsp3) is 0.188. The van der Waals surface area contributed by atoms with Gasteiger partial charge in [-0.2, -0.15) is 0 Å². The number of carbonyl (C=O) groups excluding carboxylic acids is 1. The van der Waals surface area contributed by atoms with Gasteiger partial charge in [0.25, 0.3) is 0 Å². The molecule has 0 saturated carbocycles. The standard InChI is InChI=1S/C16H18N6O2/c1-9(10-6-4-3-5-7-10)18-16(23)20-12-8-11-13(14(17)19-12)15(24-2)22-21-11/h3-9H,1-2H3,(H,21,22)(H4,17,18,19,20,23). The van der Waals surface area contributed by atoms with Crippen LogP contribution >= 0.6 is 0 Å². The molecule has 0 fully saturated rings. The minimum Gasteiger partial charge on any atom is -0.479 e. The van der Waals surface area contributed by atoms with Crippen LogP contribution in [0.5, 0.6) is 5.88 Å². The van der Waals surface area contributed by atoms with Crippen LogP contribution in [0.3, 0.4) is 0 Å². The molecule has 0 aliphatic carbocycles. The molecule has 3 rings (SSSR count). The van der Waals surface area contributed by atoms with Crippen LogP contribution in [0.15, 0.2) is 36.4 Å². The normalized spacial score (nSPS) is 11.9. The Hall–Kier alpha value is -3.29. The minimum absolute atomic E-state index is 0.139. The lowest BCUT2D eigenvalue weighted by atomic mass is 10.1. The second-order valence-corrected chi connectivity index (χ2v) is 5.28. The van der Waals surface area contributed by atoms with Gasteiger partial charge in [0.2, 0.25) is 5.88 Å². The molecule has 0 spiro atoms. The molecule has 1 unspecified atom stereocenters. The van der Waals surface area contributed by atoms with E-state index in [1.54, 1.807) is 6.07 Å². The van der Waals surface area contributed by atoms with E-state index in [0.29, 0.717) is 22.6 Å². The van der Waals surface area contributed by atoms with Gasteiger partial charge in [0.05, 0.1) is 18.7 Å². The van der Waals surface area contributed by atoms with Crippen LogP contribution in [0.4, 0.5) is 16.4 Å². The number of nitrogens with zero attached hydrogens (tertiary/aromatic N) is 2. The molecule has 24 heavy (non-hydrogen) atoms. The summed E-state index contributed by atoms with van der Waals surface area (Å²) in [5, 5.41) is 12.9. The van der Waals surface area contributed by atoms with Gasteiger partial charge in [-0.15, -0.1) is 5.10 Å². The summed E-state index contributed by atoms with van der Waals surface area (Å²) in [5.41, 5.74) is 7.56. The van der Waals surface area contributed by atoms with Gasteiger partial charge in [0.1, 0.15) is 17.0 Å². The highest BCUT2D eigenvalue weighted by Crippen LogP contribution is 2.28. The number of amides is 2. The molecule has 8 nitrogen and oxygen atoms in total. The summed E-state index contributed by atoms with van der Waals surface area (Å²) in [6, 6.07) is 10.8. The third-order valence-electron chi connectivity index (χ3n) is 3.62. The lowest BCUT2D eigenvalue weighted by Crippen LogP contribution is -2.31. The van der Waals surface area contributed by atoms with Crippen LogP contribution in [0.1, 0.15) is 18.5 Å². The van der Waals surface area contributed by atoms with Gasteiger partial charge in [0.15, 0.2) is 0 Å². The number of benzene rings is 1. The highest BCUT2D eigenvalue weighted by Gasteiger charge is 2.14. The van der Waals surface area contributed by atoms with Crippen LogP contribution in [-0.4, -0.2) is 28.3 Å². The quantitative estimate of drug-likeness (QED) is 0.587. The SMILES string of the molecule is COc1n[nH]c2cc(NC(=O)NC(C)c3ccccc3)nc(N)c12. The lowest BCUT2D eigenvalue weighted by molar-refractivity contribution is 0.249. The summed E-state index contributed by atoms with van der Waals surface area (Å²) in [4.78, 5) is 16.3. The first kappa shape index (κ1) is 15.6. The van der Waals surface area contributed by atoms with Crippen LogP contribution in [0.25, 0.3) is 10.9 Å². The molecule has 1 atom stereocenters. The van der Waals surface area contributed by atoms with E-state index in [0.717, 1.165) is 5.56 Å². The van der Waals surface area contributed by atoms with Crippen molar-refractivity contribution in [3.8, 4) is 5.88 Å². The Labute approximate surface area is 138 Å². The van der Waals surface area contributed by atoms with Gasteiger partial charge in [-0.05, 0) is 12.5 Å². The Kier molecular flexibility index (Phi) is 4.19. The summed E-state index contributed by atoms with van der Waals surface area (Å²) >= 11 is 0. The zero-order valence-electron chi connectivity index (χ0n) is 13.3. The highest BCUT2D eigenvalue weighted by atomic mass is 16.5. The fourth-order valence-electron chi connectivity index (χ4n) is 2.43. The smallest absolute Gasteiger partial charge is 0.320 e.